The summed E-state index contributed by atoms with van der Waals surface area (Å²) in [5.41, 5.74) is -0.0822. The lowest BCUT2D eigenvalue weighted by Crippen LogP contribution is -2.13. The van der Waals surface area contributed by atoms with Crippen molar-refractivity contribution < 1.29 is 27.6 Å². The van der Waals surface area contributed by atoms with Crippen molar-refractivity contribution in [2.45, 2.75) is 37.8 Å². The zero-order valence-corrected chi connectivity index (χ0v) is 16.2. The van der Waals surface area contributed by atoms with Gasteiger partial charge in [-0.15, -0.1) is 11.8 Å². The maximum absolute atomic E-state index is 12.8. The number of rotatable bonds is 6. The molecule has 0 amide bonds. The number of benzene rings is 2. The average Bonchev–Trinajstić information content (AvgIpc) is 2.58. The van der Waals surface area contributed by atoms with E-state index in [1.807, 2.05) is 32.9 Å². The van der Waals surface area contributed by atoms with Gasteiger partial charge in [0.2, 0.25) is 0 Å². The summed E-state index contributed by atoms with van der Waals surface area (Å²) in [7, 11) is 0. The topological polar surface area (TPSA) is 69.4 Å². The number of carbonyl (C=O) groups is 1. The molecule has 0 saturated heterocycles. The number of nitro benzene ring substituents is 1. The second-order valence-corrected chi connectivity index (χ2v) is 7.41. The number of carbonyl (C=O) groups excluding carboxylic acids is 1. The summed E-state index contributed by atoms with van der Waals surface area (Å²) in [6.07, 6.45) is -4.69. The number of alkyl halides is 3. The molecule has 0 atom stereocenters. The van der Waals surface area contributed by atoms with Crippen LogP contribution in [-0.4, -0.2) is 16.6 Å². The fourth-order valence-corrected chi connectivity index (χ4v) is 3.23. The standard InChI is InChI=1S/C19H18F3NO4S/c1-11(2)14-6-4-12(3)8-16(14)27-18(24)10-28-17-7-5-13(19(20,21)22)9-15(17)23(25)26/h4-9,11H,10H2,1-3H3. The minimum absolute atomic E-state index is 0.0386. The molecule has 5 nitrogen and oxygen atoms in total. The average molecular weight is 413 g/mol. The molecule has 0 N–H and O–H groups in total. The fourth-order valence-electron chi connectivity index (χ4n) is 2.45. The van der Waals surface area contributed by atoms with Gasteiger partial charge in [-0.1, -0.05) is 26.0 Å². The van der Waals surface area contributed by atoms with Gasteiger partial charge in [0.05, 0.1) is 21.1 Å². The Bertz CT molecular complexity index is 897. The van der Waals surface area contributed by atoms with E-state index in [2.05, 4.69) is 0 Å². The van der Waals surface area contributed by atoms with Crippen molar-refractivity contribution in [1.82, 2.24) is 0 Å². The third kappa shape index (κ3) is 5.48. The minimum atomic E-state index is -4.69. The SMILES string of the molecule is Cc1ccc(C(C)C)c(OC(=O)CSc2ccc(C(F)(F)F)cc2[N+](=O)[O-])c1. The van der Waals surface area contributed by atoms with E-state index < -0.39 is 28.3 Å². The summed E-state index contributed by atoms with van der Waals surface area (Å²) >= 11 is 0.757. The number of ether oxygens (including phenoxy) is 1. The number of halogens is 3. The Balaban J connectivity index is 2.15. The summed E-state index contributed by atoms with van der Waals surface area (Å²) < 4.78 is 43.6. The Kier molecular flexibility index (Phi) is 6.71. The smallest absolute Gasteiger partial charge is 0.416 e. The van der Waals surface area contributed by atoms with Gasteiger partial charge in [0, 0.05) is 6.07 Å². The number of nitrogens with zero attached hydrogens (tertiary/aromatic N) is 1. The zero-order valence-electron chi connectivity index (χ0n) is 15.4. The highest BCUT2D eigenvalue weighted by Gasteiger charge is 2.33. The van der Waals surface area contributed by atoms with Gasteiger partial charge in [0.1, 0.15) is 5.75 Å². The van der Waals surface area contributed by atoms with Crippen LogP contribution in [0.3, 0.4) is 0 Å². The fraction of sp³-hybridized carbons (Fsp3) is 0.316. The number of aryl methyl sites for hydroxylation is 1. The number of hydrogen-bond acceptors (Lipinski definition) is 5. The second-order valence-electron chi connectivity index (χ2n) is 6.40. The summed E-state index contributed by atoms with van der Waals surface area (Å²) in [6.45, 7) is 5.74. The largest absolute Gasteiger partial charge is 0.426 e. The molecule has 0 aromatic heterocycles. The molecule has 0 heterocycles. The van der Waals surface area contributed by atoms with E-state index in [4.69, 9.17) is 4.74 Å². The van der Waals surface area contributed by atoms with E-state index in [0.717, 1.165) is 35.0 Å². The minimum Gasteiger partial charge on any atom is -0.426 e. The van der Waals surface area contributed by atoms with E-state index in [-0.39, 0.29) is 16.6 Å². The van der Waals surface area contributed by atoms with Gasteiger partial charge in [0.25, 0.3) is 5.69 Å². The highest BCUT2D eigenvalue weighted by Crippen LogP contribution is 2.36. The van der Waals surface area contributed by atoms with Gasteiger partial charge in [-0.25, -0.2) is 0 Å². The molecule has 0 unspecified atom stereocenters. The third-order valence-electron chi connectivity index (χ3n) is 3.84. The zero-order chi connectivity index (χ0) is 21.1. The Hall–Kier alpha value is -2.55. The summed E-state index contributed by atoms with van der Waals surface area (Å²) in [5.74, 6) is -0.404. The maximum Gasteiger partial charge on any atom is 0.416 e. The summed E-state index contributed by atoms with van der Waals surface area (Å²) in [5, 5.41) is 11.1. The lowest BCUT2D eigenvalue weighted by Gasteiger charge is -2.13. The summed E-state index contributed by atoms with van der Waals surface area (Å²) in [4.78, 5) is 22.3. The predicted octanol–water partition coefficient (Wildman–Crippen LogP) is 5.74. The first-order valence-corrected chi connectivity index (χ1v) is 9.27. The molecule has 0 fully saturated rings. The van der Waals surface area contributed by atoms with Crippen LogP contribution >= 0.6 is 11.8 Å². The monoisotopic (exact) mass is 413 g/mol. The van der Waals surface area contributed by atoms with Crippen molar-refractivity contribution in [2.75, 3.05) is 5.75 Å². The van der Waals surface area contributed by atoms with E-state index in [1.165, 1.54) is 0 Å². The van der Waals surface area contributed by atoms with Gasteiger partial charge in [-0.05, 0) is 42.2 Å². The number of hydrogen-bond donors (Lipinski definition) is 0. The van der Waals surface area contributed by atoms with Crippen molar-refractivity contribution in [2.24, 2.45) is 0 Å². The molecule has 150 valence electrons. The first kappa shape index (κ1) is 21.7. The summed E-state index contributed by atoms with van der Waals surface area (Å²) in [6, 6.07) is 7.68. The molecule has 0 aliphatic rings. The lowest BCUT2D eigenvalue weighted by molar-refractivity contribution is -0.388. The highest BCUT2D eigenvalue weighted by atomic mass is 32.2. The van der Waals surface area contributed by atoms with Crippen LogP contribution < -0.4 is 4.74 Å². The van der Waals surface area contributed by atoms with Crippen LogP contribution in [0, 0.1) is 17.0 Å². The van der Waals surface area contributed by atoms with Crippen LogP contribution in [0.15, 0.2) is 41.3 Å². The molecule has 9 heteroatoms. The first-order chi connectivity index (χ1) is 13.0. The van der Waals surface area contributed by atoms with E-state index >= 15 is 0 Å². The van der Waals surface area contributed by atoms with Crippen molar-refractivity contribution in [3.63, 3.8) is 0 Å². The van der Waals surface area contributed by atoms with Gasteiger partial charge in [-0.3, -0.25) is 14.9 Å². The second kappa shape index (κ2) is 8.64. The molecule has 28 heavy (non-hydrogen) atoms. The molecule has 0 radical (unpaired) electrons. The third-order valence-corrected chi connectivity index (χ3v) is 4.88. The molecule has 0 saturated carbocycles. The van der Waals surface area contributed by atoms with Crippen molar-refractivity contribution in [3.8, 4) is 5.75 Å². The Morgan fingerprint density at radius 3 is 2.46 bits per heavy atom. The van der Waals surface area contributed by atoms with Gasteiger partial charge in [0.15, 0.2) is 0 Å². The predicted molar refractivity (Wildman–Crippen MR) is 99.7 cm³/mol. The molecule has 0 aliphatic carbocycles. The Morgan fingerprint density at radius 2 is 1.89 bits per heavy atom. The molecule has 2 aromatic carbocycles. The van der Waals surface area contributed by atoms with Gasteiger partial charge in [-0.2, -0.15) is 13.2 Å². The molecule has 0 bridgehead atoms. The van der Waals surface area contributed by atoms with Crippen LogP contribution in [-0.2, 0) is 11.0 Å². The first-order valence-electron chi connectivity index (χ1n) is 8.28. The Labute approximate surface area is 164 Å². The van der Waals surface area contributed by atoms with Crippen LogP contribution in [0.5, 0.6) is 5.75 Å². The lowest BCUT2D eigenvalue weighted by atomic mass is 10.0. The number of esters is 1. The molecular formula is C19H18F3NO4S. The van der Waals surface area contributed by atoms with Crippen LogP contribution in [0.1, 0.15) is 36.5 Å². The van der Waals surface area contributed by atoms with Crippen LogP contribution in [0.25, 0.3) is 0 Å². The number of nitro groups is 1. The molecule has 2 rings (SSSR count). The van der Waals surface area contributed by atoms with Crippen molar-refractivity contribution in [1.29, 1.82) is 0 Å². The van der Waals surface area contributed by atoms with Gasteiger partial charge >= 0.3 is 12.1 Å². The molecule has 0 aliphatic heterocycles. The van der Waals surface area contributed by atoms with Crippen LogP contribution in [0.4, 0.5) is 18.9 Å². The normalized spacial score (nSPS) is 11.5. The molecule has 2 aromatic rings. The quantitative estimate of drug-likeness (QED) is 0.198. The van der Waals surface area contributed by atoms with Crippen molar-refractivity contribution in [3.05, 3.63) is 63.2 Å². The number of thioether (sulfide) groups is 1. The highest BCUT2D eigenvalue weighted by molar-refractivity contribution is 8.00. The Morgan fingerprint density at radius 1 is 1.21 bits per heavy atom. The van der Waals surface area contributed by atoms with E-state index in [0.29, 0.717) is 11.8 Å². The molecular weight excluding hydrogens is 395 g/mol. The molecule has 0 spiro atoms. The van der Waals surface area contributed by atoms with E-state index in [1.54, 1.807) is 6.07 Å². The maximum atomic E-state index is 12.8. The van der Waals surface area contributed by atoms with Gasteiger partial charge < -0.3 is 4.74 Å². The van der Waals surface area contributed by atoms with Crippen LogP contribution in [0.2, 0.25) is 0 Å². The van der Waals surface area contributed by atoms with E-state index in [9.17, 15) is 28.1 Å². The van der Waals surface area contributed by atoms with Crippen molar-refractivity contribution >= 4 is 23.4 Å².